The molecule has 3 heterocycles. The van der Waals surface area contributed by atoms with Gasteiger partial charge in [0.2, 0.25) is 0 Å². The number of carbonyl (C=O) groups is 1. The number of esters is 1. The van der Waals surface area contributed by atoms with Crippen LogP contribution in [0.15, 0.2) is 109 Å². The molecule has 0 amide bonds. The van der Waals surface area contributed by atoms with E-state index >= 15 is 0 Å². The first-order chi connectivity index (χ1) is 29.9. The summed E-state index contributed by atoms with van der Waals surface area (Å²) in [6, 6.07) is 33.1. The van der Waals surface area contributed by atoms with Crippen molar-refractivity contribution in [2.75, 3.05) is 49.2 Å². The summed E-state index contributed by atoms with van der Waals surface area (Å²) in [5, 5.41) is 0.0861. The lowest BCUT2D eigenvalue weighted by atomic mass is 9.83. The van der Waals surface area contributed by atoms with Crippen LogP contribution >= 0.6 is 46.4 Å². The van der Waals surface area contributed by atoms with Crippen molar-refractivity contribution in [3.63, 3.8) is 0 Å². The second-order valence-corrected chi connectivity index (χ2v) is 18.8. The largest absolute Gasteiger partial charge is 0.493 e. The smallest absolute Gasteiger partial charge is 0.341 e. The van der Waals surface area contributed by atoms with Gasteiger partial charge >= 0.3 is 5.97 Å². The Morgan fingerprint density at radius 1 is 0.565 bits per heavy atom. The van der Waals surface area contributed by atoms with Crippen LogP contribution in [-0.2, 0) is 10.3 Å². The number of nitrogens with zero attached hydrogens (tertiary/aromatic N) is 2. The molecule has 0 N–H and O–H groups in total. The van der Waals surface area contributed by atoms with Gasteiger partial charge < -0.3 is 24.0 Å². The van der Waals surface area contributed by atoms with Crippen LogP contribution in [0.2, 0.25) is 20.1 Å². The third-order valence-corrected chi connectivity index (χ3v) is 13.4. The molecule has 62 heavy (non-hydrogen) atoms. The fraction of sp³-hybridized carbons (Fsp3) is 0.327. The van der Waals surface area contributed by atoms with Gasteiger partial charge in [-0.2, -0.15) is 0 Å². The average Bonchev–Trinajstić information content (AvgIpc) is 4.08. The first-order valence-corrected chi connectivity index (χ1v) is 23.1. The summed E-state index contributed by atoms with van der Waals surface area (Å²) < 4.78 is 18.9. The van der Waals surface area contributed by atoms with E-state index in [0.29, 0.717) is 30.6 Å². The van der Waals surface area contributed by atoms with Gasteiger partial charge in [0.05, 0.1) is 38.9 Å². The molecule has 2 fully saturated rings. The summed E-state index contributed by atoms with van der Waals surface area (Å²) in [5.74, 6) is 1.59. The molecular weight excluding hydrogens is 858 g/mol. The van der Waals surface area contributed by atoms with Crippen LogP contribution in [-0.4, -0.2) is 45.4 Å². The predicted octanol–water partition coefficient (Wildman–Crippen LogP) is 14.2. The third kappa shape index (κ3) is 9.36. The monoisotopic (exact) mass is 908 g/mol. The standard InChI is InChI=1S/C52H52Cl4N2O4/c1-33(2)31-60-41-21-13-37(14-22-41)43(35-9-17-39(18-10-35)57-25-5-6-26-57)29-52(46-45(51(59)62-52)47(53)49(55)50(56)48(46)54)30-44(38-15-23-42(24-16-38)61-32-34(3)4)36-11-19-40(20-12-36)58-27-7-8-28-58/h9-24,29-30,33-34H,5-8,25-28,31-32H2,1-4H3. The first kappa shape index (κ1) is 44.0. The average molecular weight is 911 g/mol. The minimum Gasteiger partial charge on any atom is -0.493 e. The van der Waals surface area contributed by atoms with Gasteiger partial charge in [-0.15, -0.1) is 0 Å². The fourth-order valence-corrected chi connectivity index (χ4v) is 9.51. The second kappa shape index (κ2) is 19.0. The Bertz CT molecular complexity index is 2320. The van der Waals surface area contributed by atoms with Crippen LogP contribution < -0.4 is 19.3 Å². The zero-order valence-corrected chi connectivity index (χ0v) is 38.7. The van der Waals surface area contributed by atoms with Crippen molar-refractivity contribution in [1.82, 2.24) is 0 Å². The van der Waals surface area contributed by atoms with E-state index in [0.717, 1.165) is 82.5 Å². The highest BCUT2D eigenvalue weighted by Gasteiger charge is 2.48. The van der Waals surface area contributed by atoms with Crippen molar-refractivity contribution in [2.45, 2.75) is 59.0 Å². The van der Waals surface area contributed by atoms with E-state index in [1.165, 1.54) is 25.7 Å². The van der Waals surface area contributed by atoms with Crippen molar-refractivity contribution < 1.29 is 19.0 Å². The number of halogens is 4. The van der Waals surface area contributed by atoms with E-state index in [-0.39, 0.29) is 25.7 Å². The number of anilines is 2. The summed E-state index contributed by atoms with van der Waals surface area (Å²) in [4.78, 5) is 19.2. The van der Waals surface area contributed by atoms with Gasteiger partial charge in [0.25, 0.3) is 0 Å². The van der Waals surface area contributed by atoms with Crippen molar-refractivity contribution in [2.24, 2.45) is 11.8 Å². The van der Waals surface area contributed by atoms with Crippen LogP contribution in [0.1, 0.15) is 91.6 Å². The third-order valence-electron chi connectivity index (χ3n) is 11.6. The second-order valence-electron chi connectivity index (χ2n) is 17.2. The van der Waals surface area contributed by atoms with Crippen molar-refractivity contribution in [3.8, 4) is 11.5 Å². The highest BCUT2D eigenvalue weighted by atomic mass is 35.5. The maximum absolute atomic E-state index is 14.4. The Hall–Kier alpha value is -4.59. The Morgan fingerprint density at radius 2 is 0.919 bits per heavy atom. The number of ether oxygens (including phenoxy) is 3. The molecule has 0 saturated carbocycles. The summed E-state index contributed by atoms with van der Waals surface area (Å²) >= 11 is 27.7. The molecule has 3 aliphatic heterocycles. The molecule has 2 saturated heterocycles. The zero-order valence-electron chi connectivity index (χ0n) is 35.7. The number of rotatable bonds is 14. The predicted molar refractivity (Wildman–Crippen MR) is 257 cm³/mol. The number of hydrogen-bond donors (Lipinski definition) is 0. The maximum atomic E-state index is 14.4. The number of cyclic esters (lactones) is 1. The molecule has 3 aliphatic rings. The van der Waals surface area contributed by atoms with Crippen molar-refractivity contribution >= 4 is 74.9 Å². The molecule has 0 unspecified atom stereocenters. The quantitative estimate of drug-likeness (QED) is 0.0629. The van der Waals surface area contributed by atoms with Crippen LogP contribution in [0, 0.1) is 11.8 Å². The highest BCUT2D eigenvalue weighted by molar-refractivity contribution is 6.53. The number of benzene rings is 5. The van der Waals surface area contributed by atoms with Crippen LogP contribution in [0.4, 0.5) is 11.4 Å². The van der Waals surface area contributed by atoms with E-state index in [9.17, 15) is 4.79 Å². The number of fused-ring (bicyclic) bond motifs is 1. The lowest BCUT2D eigenvalue weighted by Gasteiger charge is -2.28. The van der Waals surface area contributed by atoms with Gasteiger partial charge in [0, 0.05) is 43.1 Å². The molecule has 10 heteroatoms. The number of carbonyl (C=O) groups excluding carboxylic acids is 1. The molecule has 0 spiro atoms. The molecule has 0 radical (unpaired) electrons. The van der Waals surface area contributed by atoms with Gasteiger partial charge in [-0.05, 0) is 132 Å². The normalized spacial score (nSPS) is 17.9. The molecule has 0 aromatic heterocycles. The summed E-state index contributed by atoms with van der Waals surface area (Å²) in [6.07, 6.45) is 8.62. The molecule has 5 aromatic carbocycles. The molecule has 0 atom stereocenters. The van der Waals surface area contributed by atoms with Crippen LogP contribution in [0.3, 0.4) is 0 Å². The van der Waals surface area contributed by atoms with Crippen LogP contribution in [0.5, 0.6) is 11.5 Å². The number of hydrogen-bond acceptors (Lipinski definition) is 6. The molecule has 5 aromatic rings. The molecule has 6 nitrogen and oxygen atoms in total. The molecule has 322 valence electrons. The minimum absolute atomic E-state index is 0.0118. The zero-order chi connectivity index (χ0) is 43.5. The molecule has 0 aliphatic carbocycles. The van der Waals surface area contributed by atoms with Gasteiger partial charge in [0.1, 0.15) is 11.5 Å². The van der Waals surface area contributed by atoms with Gasteiger partial charge in [-0.3, -0.25) is 0 Å². The Labute approximate surface area is 386 Å². The van der Waals surface area contributed by atoms with E-state index in [1.54, 1.807) is 0 Å². The SMILES string of the molecule is CC(C)COc1ccc(C(=CC2(C=C(c3ccc(OCC(C)C)cc3)c3ccc(N4CCCC4)cc3)OC(=O)c3c(Cl)c(Cl)c(Cl)c(Cl)c32)c2ccc(N3CCCC3)cc2)cc1. The Kier molecular flexibility index (Phi) is 13.5. The van der Waals surface area contributed by atoms with E-state index in [2.05, 4.69) is 86.0 Å². The van der Waals surface area contributed by atoms with E-state index in [1.807, 2.05) is 60.7 Å². The van der Waals surface area contributed by atoms with Crippen molar-refractivity contribution in [1.29, 1.82) is 0 Å². The van der Waals surface area contributed by atoms with Gasteiger partial charge in [-0.25, -0.2) is 4.79 Å². The lowest BCUT2D eigenvalue weighted by molar-refractivity contribution is 0.0300. The Balaban J connectivity index is 1.37. The highest BCUT2D eigenvalue weighted by Crippen LogP contribution is 2.54. The lowest BCUT2D eigenvalue weighted by Crippen LogP contribution is -2.23. The van der Waals surface area contributed by atoms with Gasteiger partial charge in [0.15, 0.2) is 5.60 Å². The molecule has 0 bridgehead atoms. The van der Waals surface area contributed by atoms with Gasteiger partial charge in [-0.1, -0.05) is 123 Å². The minimum atomic E-state index is -1.63. The molecule has 8 rings (SSSR count). The fourth-order valence-electron chi connectivity index (χ4n) is 8.43. The van der Waals surface area contributed by atoms with E-state index in [4.69, 9.17) is 60.6 Å². The summed E-state index contributed by atoms with van der Waals surface area (Å²) in [5.41, 5.74) is 6.23. The summed E-state index contributed by atoms with van der Waals surface area (Å²) in [7, 11) is 0. The molecular formula is C52H52Cl4N2O4. The van der Waals surface area contributed by atoms with E-state index < -0.39 is 11.6 Å². The van der Waals surface area contributed by atoms with Crippen LogP contribution in [0.25, 0.3) is 11.1 Å². The van der Waals surface area contributed by atoms with Crippen molar-refractivity contribution in [3.05, 3.63) is 163 Å². The Morgan fingerprint density at radius 3 is 1.29 bits per heavy atom. The maximum Gasteiger partial charge on any atom is 0.341 e. The topological polar surface area (TPSA) is 51.2 Å². The first-order valence-electron chi connectivity index (χ1n) is 21.6. The summed E-state index contributed by atoms with van der Waals surface area (Å²) in [6.45, 7) is 13.8.